The zero-order valence-electron chi connectivity index (χ0n) is 15.2. The molecular weight excluding hydrogens is 352 g/mol. The summed E-state index contributed by atoms with van der Waals surface area (Å²) in [5.41, 5.74) is 2.00. The van der Waals surface area contributed by atoms with E-state index in [1.807, 2.05) is 19.9 Å². The van der Waals surface area contributed by atoms with Crippen molar-refractivity contribution in [1.29, 1.82) is 0 Å². The summed E-state index contributed by atoms with van der Waals surface area (Å²) >= 11 is 5.31. The van der Waals surface area contributed by atoms with Crippen LogP contribution in [0.4, 0.5) is 11.4 Å². The monoisotopic (exact) mass is 374 g/mol. The average molecular weight is 374 g/mol. The topological polar surface area (TPSA) is 68.8 Å². The van der Waals surface area contributed by atoms with E-state index in [0.29, 0.717) is 22.2 Å². The second-order valence-electron chi connectivity index (χ2n) is 5.68. The lowest BCUT2D eigenvalue weighted by Crippen LogP contribution is -2.19. The number of hydrogen-bond donors (Lipinski definition) is 2. The Bertz CT molecular complexity index is 776. The lowest BCUT2D eigenvalue weighted by Gasteiger charge is -2.13. The number of nitrogens with one attached hydrogen (secondary N) is 2. The molecule has 2 aromatic rings. The van der Waals surface area contributed by atoms with Crippen LogP contribution in [0.3, 0.4) is 0 Å². The van der Waals surface area contributed by atoms with E-state index in [4.69, 9.17) is 26.4 Å². The highest BCUT2D eigenvalue weighted by Gasteiger charge is 2.09. The number of thiocarbonyl (C=S) groups is 1. The molecule has 0 saturated heterocycles. The van der Waals surface area contributed by atoms with Gasteiger partial charge in [-0.2, -0.15) is 0 Å². The van der Waals surface area contributed by atoms with Gasteiger partial charge in [0.1, 0.15) is 0 Å². The minimum absolute atomic E-state index is 0.154. The first-order chi connectivity index (χ1) is 12.4. The molecule has 26 heavy (non-hydrogen) atoms. The predicted octanol–water partition coefficient (Wildman–Crippen LogP) is 4.08. The molecule has 0 aliphatic heterocycles. The van der Waals surface area contributed by atoms with Crippen LogP contribution >= 0.6 is 12.2 Å². The smallest absolute Gasteiger partial charge is 0.338 e. The summed E-state index contributed by atoms with van der Waals surface area (Å²) in [6, 6.07) is 12.3. The molecule has 0 aromatic heterocycles. The Kier molecular flexibility index (Phi) is 6.80. The highest BCUT2D eigenvalue weighted by atomic mass is 32.1. The Morgan fingerprint density at radius 2 is 1.50 bits per heavy atom. The number of hydrogen-bond acceptors (Lipinski definition) is 5. The van der Waals surface area contributed by atoms with E-state index >= 15 is 0 Å². The normalized spacial score (nSPS) is 10.2. The van der Waals surface area contributed by atoms with E-state index in [2.05, 4.69) is 10.6 Å². The summed E-state index contributed by atoms with van der Waals surface area (Å²) in [6.45, 7) is 3.62. The summed E-state index contributed by atoms with van der Waals surface area (Å²) < 4.78 is 15.6. The van der Waals surface area contributed by atoms with Crippen molar-refractivity contribution in [3.05, 3.63) is 48.0 Å². The Morgan fingerprint density at radius 3 is 2.08 bits per heavy atom. The first-order valence-corrected chi connectivity index (χ1v) is 8.45. The van der Waals surface area contributed by atoms with Crippen LogP contribution in [0.5, 0.6) is 11.5 Å². The van der Waals surface area contributed by atoms with Gasteiger partial charge in [-0.1, -0.05) is 0 Å². The minimum Gasteiger partial charge on any atom is -0.493 e. The fourth-order valence-corrected chi connectivity index (χ4v) is 2.41. The fraction of sp³-hybridized carbons (Fsp3) is 0.263. The minimum atomic E-state index is -0.349. The molecule has 2 rings (SSSR count). The first kappa shape index (κ1) is 19.5. The summed E-state index contributed by atoms with van der Waals surface area (Å²) in [7, 11) is 3.15. The summed E-state index contributed by atoms with van der Waals surface area (Å²) in [5.74, 6) is 0.895. The molecule has 0 aliphatic carbocycles. The molecule has 0 spiro atoms. The van der Waals surface area contributed by atoms with Crippen molar-refractivity contribution in [3.63, 3.8) is 0 Å². The second kappa shape index (κ2) is 9.05. The Labute approximate surface area is 158 Å². The van der Waals surface area contributed by atoms with Crippen LogP contribution in [0, 0.1) is 0 Å². The van der Waals surface area contributed by atoms with Crippen LogP contribution < -0.4 is 20.1 Å². The fourth-order valence-electron chi connectivity index (χ4n) is 2.18. The number of anilines is 2. The van der Waals surface area contributed by atoms with Gasteiger partial charge in [0.05, 0.1) is 25.9 Å². The molecule has 0 amide bonds. The van der Waals surface area contributed by atoms with Crippen molar-refractivity contribution >= 4 is 34.7 Å². The third-order valence-corrected chi connectivity index (χ3v) is 3.57. The maximum Gasteiger partial charge on any atom is 0.338 e. The molecule has 7 heteroatoms. The maximum absolute atomic E-state index is 11.8. The van der Waals surface area contributed by atoms with Crippen LogP contribution in [0.2, 0.25) is 0 Å². The van der Waals surface area contributed by atoms with Gasteiger partial charge in [0.15, 0.2) is 16.6 Å². The van der Waals surface area contributed by atoms with E-state index in [9.17, 15) is 4.79 Å². The van der Waals surface area contributed by atoms with E-state index in [1.165, 1.54) is 0 Å². The van der Waals surface area contributed by atoms with Gasteiger partial charge in [-0.25, -0.2) is 4.79 Å². The Hall–Kier alpha value is -2.80. The van der Waals surface area contributed by atoms with Crippen molar-refractivity contribution in [2.45, 2.75) is 20.0 Å². The van der Waals surface area contributed by atoms with E-state index < -0.39 is 0 Å². The SMILES string of the molecule is COc1ccc(NC(=S)Nc2ccc(C(=O)OC(C)C)cc2)cc1OC. The number of rotatable bonds is 6. The second-order valence-corrected chi connectivity index (χ2v) is 6.09. The first-order valence-electron chi connectivity index (χ1n) is 8.04. The molecule has 6 nitrogen and oxygen atoms in total. The standard InChI is InChI=1S/C19H22N2O4S/c1-12(2)25-18(22)13-5-7-14(8-6-13)20-19(26)21-15-9-10-16(23-3)17(11-15)24-4/h5-12H,1-4H3,(H2,20,21,26). The molecule has 0 heterocycles. The molecule has 2 aromatic carbocycles. The molecule has 138 valence electrons. The van der Waals surface area contributed by atoms with Crippen molar-refractivity contribution in [2.24, 2.45) is 0 Å². The molecule has 0 saturated carbocycles. The van der Waals surface area contributed by atoms with E-state index in [1.54, 1.807) is 50.6 Å². The zero-order chi connectivity index (χ0) is 19.1. The average Bonchev–Trinajstić information content (AvgIpc) is 2.61. The number of carbonyl (C=O) groups excluding carboxylic acids is 1. The molecule has 0 atom stereocenters. The largest absolute Gasteiger partial charge is 0.493 e. The van der Waals surface area contributed by atoms with Crippen molar-refractivity contribution in [2.75, 3.05) is 24.9 Å². The van der Waals surface area contributed by atoms with Crippen LogP contribution in [0.25, 0.3) is 0 Å². The van der Waals surface area contributed by atoms with Crippen molar-refractivity contribution < 1.29 is 19.0 Å². The number of esters is 1. The van der Waals surface area contributed by atoms with Gasteiger partial charge in [-0.3, -0.25) is 0 Å². The zero-order valence-corrected chi connectivity index (χ0v) is 16.0. The third-order valence-electron chi connectivity index (χ3n) is 3.36. The third kappa shape index (κ3) is 5.35. The van der Waals surface area contributed by atoms with Gasteiger partial charge in [0.25, 0.3) is 0 Å². The molecular formula is C19H22N2O4S. The number of benzene rings is 2. The van der Waals surface area contributed by atoms with E-state index in [-0.39, 0.29) is 12.1 Å². The Balaban J connectivity index is 1.98. The van der Waals surface area contributed by atoms with Crippen LogP contribution in [0.15, 0.2) is 42.5 Å². The van der Waals surface area contributed by atoms with Gasteiger partial charge >= 0.3 is 5.97 Å². The molecule has 0 aliphatic rings. The molecule has 2 N–H and O–H groups in total. The molecule has 0 radical (unpaired) electrons. The van der Waals surface area contributed by atoms with Crippen molar-refractivity contribution in [1.82, 2.24) is 0 Å². The van der Waals surface area contributed by atoms with Crippen molar-refractivity contribution in [3.8, 4) is 11.5 Å². The summed E-state index contributed by atoms with van der Waals surface area (Å²) in [5, 5.41) is 6.54. The number of ether oxygens (including phenoxy) is 3. The molecule has 0 bridgehead atoms. The number of carbonyl (C=O) groups is 1. The van der Waals surface area contributed by atoms with Crippen LogP contribution in [-0.2, 0) is 4.74 Å². The highest BCUT2D eigenvalue weighted by molar-refractivity contribution is 7.80. The van der Waals surface area contributed by atoms with Crippen LogP contribution in [0.1, 0.15) is 24.2 Å². The number of methoxy groups -OCH3 is 2. The molecule has 0 unspecified atom stereocenters. The lowest BCUT2D eigenvalue weighted by atomic mass is 10.2. The maximum atomic E-state index is 11.8. The van der Waals surface area contributed by atoms with Gasteiger partial charge in [0.2, 0.25) is 0 Å². The molecule has 0 fully saturated rings. The summed E-state index contributed by atoms with van der Waals surface area (Å²) in [6.07, 6.45) is -0.154. The highest BCUT2D eigenvalue weighted by Crippen LogP contribution is 2.29. The van der Waals surface area contributed by atoms with E-state index in [0.717, 1.165) is 11.4 Å². The van der Waals surface area contributed by atoms with Gasteiger partial charge in [-0.05, 0) is 62.5 Å². The quantitative estimate of drug-likeness (QED) is 0.583. The predicted molar refractivity (Wildman–Crippen MR) is 106 cm³/mol. The van der Waals surface area contributed by atoms with Crippen LogP contribution in [-0.4, -0.2) is 31.4 Å². The van der Waals surface area contributed by atoms with Gasteiger partial charge in [0, 0.05) is 17.4 Å². The van der Waals surface area contributed by atoms with Gasteiger partial charge < -0.3 is 24.8 Å². The Morgan fingerprint density at radius 1 is 0.923 bits per heavy atom. The summed E-state index contributed by atoms with van der Waals surface area (Å²) in [4.78, 5) is 11.8. The lowest BCUT2D eigenvalue weighted by molar-refractivity contribution is 0.0378. The van der Waals surface area contributed by atoms with Gasteiger partial charge in [-0.15, -0.1) is 0 Å².